The molecule has 2 heterocycles. The van der Waals surface area contributed by atoms with E-state index in [0.29, 0.717) is 28.3 Å². The summed E-state index contributed by atoms with van der Waals surface area (Å²) in [5, 5.41) is 8.28. The minimum Gasteiger partial charge on any atom is -0.320 e. The van der Waals surface area contributed by atoms with Gasteiger partial charge in [-0.3, -0.25) is 9.78 Å². The number of fused-ring (bicyclic) bond motifs is 1. The molecule has 0 aliphatic rings. The first-order chi connectivity index (χ1) is 13.0. The molecule has 27 heavy (non-hydrogen) atoms. The van der Waals surface area contributed by atoms with E-state index in [0.717, 1.165) is 10.9 Å². The van der Waals surface area contributed by atoms with Gasteiger partial charge >= 0.3 is 0 Å². The van der Waals surface area contributed by atoms with Crippen molar-refractivity contribution in [1.29, 1.82) is 0 Å². The molecule has 0 saturated carbocycles. The number of halogens is 1. The lowest BCUT2D eigenvalue weighted by Crippen LogP contribution is -2.14. The molecule has 4 rings (SSSR count). The molecule has 0 radical (unpaired) electrons. The maximum atomic E-state index is 13.2. The van der Waals surface area contributed by atoms with Gasteiger partial charge in [0, 0.05) is 5.39 Å². The molecule has 0 atom stereocenters. The van der Waals surface area contributed by atoms with Gasteiger partial charge in [-0.05, 0) is 50.2 Å². The Morgan fingerprint density at radius 2 is 1.81 bits per heavy atom. The lowest BCUT2D eigenvalue weighted by molar-refractivity contribution is 0.102. The summed E-state index contributed by atoms with van der Waals surface area (Å²) in [6.07, 6.45) is 1.63. The van der Waals surface area contributed by atoms with Crippen molar-refractivity contribution in [3.8, 4) is 5.69 Å². The summed E-state index contributed by atoms with van der Waals surface area (Å²) in [6, 6.07) is 15.6. The van der Waals surface area contributed by atoms with Crippen LogP contribution >= 0.6 is 0 Å². The number of amides is 1. The molecular weight excluding hydrogens is 343 g/mol. The molecule has 4 aromatic rings. The van der Waals surface area contributed by atoms with Gasteiger partial charge in [-0.25, -0.2) is 9.07 Å². The van der Waals surface area contributed by atoms with Crippen LogP contribution in [0.3, 0.4) is 0 Å². The number of carbonyl (C=O) groups is 1. The number of anilines is 1. The van der Waals surface area contributed by atoms with Crippen molar-refractivity contribution in [1.82, 2.24) is 14.8 Å². The second-order valence-corrected chi connectivity index (χ2v) is 6.30. The molecule has 0 saturated heterocycles. The van der Waals surface area contributed by atoms with Gasteiger partial charge in [0.2, 0.25) is 0 Å². The molecule has 2 aromatic heterocycles. The molecule has 0 unspecified atom stereocenters. The van der Waals surface area contributed by atoms with Crippen molar-refractivity contribution < 1.29 is 9.18 Å². The second kappa shape index (κ2) is 6.64. The van der Waals surface area contributed by atoms with E-state index >= 15 is 0 Å². The molecule has 6 heteroatoms. The van der Waals surface area contributed by atoms with Gasteiger partial charge in [-0.15, -0.1) is 0 Å². The molecule has 1 N–H and O–H groups in total. The highest BCUT2D eigenvalue weighted by atomic mass is 19.1. The van der Waals surface area contributed by atoms with Crippen LogP contribution in [0.4, 0.5) is 10.1 Å². The lowest BCUT2D eigenvalue weighted by atomic mass is 10.1. The number of aryl methyl sites for hydroxylation is 1. The van der Waals surface area contributed by atoms with Crippen LogP contribution in [0.25, 0.3) is 16.6 Å². The van der Waals surface area contributed by atoms with Crippen molar-refractivity contribution in [3.05, 3.63) is 83.6 Å². The molecule has 2 aromatic carbocycles. The average Bonchev–Trinajstić information content (AvgIpc) is 2.96. The summed E-state index contributed by atoms with van der Waals surface area (Å²) < 4.78 is 14.8. The van der Waals surface area contributed by atoms with E-state index in [-0.39, 0.29) is 11.7 Å². The van der Waals surface area contributed by atoms with E-state index in [1.807, 2.05) is 37.3 Å². The van der Waals surface area contributed by atoms with Crippen LogP contribution < -0.4 is 5.32 Å². The molecule has 0 bridgehead atoms. The van der Waals surface area contributed by atoms with Crippen LogP contribution in [0, 0.1) is 19.7 Å². The van der Waals surface area contributed by atoms with Crippen molar-refractivity contribution in [2.75, 3.05) is 5.32 Å². The standard InChI is InChI=1S/C21H17FN4O/c1-13-20(14(2)26(25-13)18-9-7-16(22)8-10-18)21(27)24-17-11-15-5-3-4-6-19(15)23-12-17/h3-12H,1-2H3,(H,24,27). The van der Waals surface area contributed by atoms with Crippen molar-refractivity contribution in [2.24, 2.45) is 0 Å². The van der Waals surface area contributed by atoms with Gasteiger partial charge in [-0.1, -0.05) is 18.2 Å². The molecule has 0 fully saturated rings. The fourth-order valence-corrected chi connectivity index (χ4v) is 3.14. The summed E-state index contributed by atoms with van der Waals surface area (Å²) >= 11 is 0. The second-order valence-electron chi connectivity index (χ2n) is 6.30. The van der Waals surface area contributed by atoms with E-state index in [9.17, 15) is 9.18 Å². The summed E-state index contributed by atoms with van der Waals surface area (Å²) in [5.41, 5.74) is 3.96. The third-order valence-corrected chi connectivity index (χ3v) is 4.44. The predicted molar refractivity (Wildman–Crippen MR) is 103 cm³/mol. The zero-order valence-corrected chi connectivity index (χ0v) is 14.9. The summed E-state index contributed by atoms with van der Waals surface area (Å²) in [4.78, 5) is 17.2. The first-order valence-corrected chi connectivity index (χ1v) is 8.51. The summed E-state index contributed by atoms with van der Waals surface area (Å²) in [5.74, 6) is -0.572. The molecule has 0 aliphatic carbocycles. The first kappa shape index (κ1) is 16.9. The molecule has 0 aliphatic heterocycles. The van der Waals surface area contributed by atoms with Crippen molar-refractivity contribution in [2.45, 2.75) is 13.8 Å². The van der Waals surface area contributed by atoms with Gasteiger partial charge in [0.1, 0.15) is 5.82 Å². The monoisotopic (exact) mass is 360 g/mol. The molecule has 5 nitrogen and oxygen atoms in total. The first-order valence-electron chi connectivity index (χ1n) is 8.51. The third kappa shape index (κ3) is 3.17. The number of hydrogen-bond donors (Lipinski definition) is 1. The number of carbonyl (C=O) groups excluding carboxylic acids is 1. The van der Waals surface area contributed by atoms with Gasteiger partial charge in [-0.2, -0.15) is 5.10 Å². The Morgan fingerprint density at radius 1 is 1.07 bits per heavy atom. The van der Waals surface area contributed by atoms with E-state index in [2.05, 4.69) is 15.4 Å². The van der Waals surface area contributed by atoms with Gasteiger partial charge in [0.15, 0.2) is 0 Å². The normalized spacial score (nSPS) is 10.9. The van der Waals surface area contributed by atoms with Crippen molar-refractivity contribution >= 4 is 22.5 Å². The van der Waals surface area contributed by atoms with E-state index in [1.165, 1.54) is 12.1 Å². The Labute approximate surface area is 155 Å². The van der Waals surface area contributed by atoms with E-state index in [4.69, 9.17) is 0 Å². The third-order valence-electron chi connectivity index (χ3n) is 4.44. The highest BCUT2D eigenvalue weighted by Gasteiger charge is 2.19. The Balaban J connectivity index is 1.66. The lowest BCUT2D eigenvalue weighted by Gasteiger charge is -2.07. The Morgan fingerprint density at radius 3 is 2.59 bits per heavy atom. The number of para-hydroxylation sites is 1. The van der Waals surface area contributed by atoms with Crippen LogP contribution in [0.2, 0.25) is 0 Å². The van der Waals surface area contributed by atoms with Crippen LogP contribution in [-0.4, -0.2) is 20.7 Å². The minimum absolute atomic E-state index is 0.254. The highest BCUT2D eigenvalue weighted by Crippen LogP contribution is 2.21. The van der Waals surface area contributed by atoms with Crippen LogP contribution in [0.15, 0.2) is 60.8 Å². The van der Waals surface area contributed by atoms with Gasteiger partial charge < -0.3 is 5.32 Å². The Bertz CT molecular complexity index is 1150. The number of hydrogen-bond acceptors (Lipinski definition) is 3. The maximum absolute atomic E-state index is 13.2. The van der Waals surface area contributed by atoms with E-state index in [1.54, 1.807) is 29.9 Å². The summed E-state index contributed by atoms with van der Waals surface area (Å²) in [7, 11) is 0. The number of nitrogens with zero attached hydrogens (tertiary/aromatic N) is 3. The topological polar surface area (TPSA) is 59.8 Å². The minimum atomic E-state index is -0.318. The quantitative estimate of drug-likeness (QED) is 0.588. The van der Waals surface area contributed by atoms with Gasteiger partial charge in [0.25, 0.3) is 5.91 Å². The maximum Gasteiger partial charge on any atom is 0.259 e. The predicted octanol–water partition coefficient (Wildman–Crippen LogP) is 4.43. The number of rotatable bonds is 3. The molecule has 0 spiro atoms. The van der Waals surface area contributed by atoms with Gasteiger partial charge in [0.05, 0.1) is 40.0 Å². The number of pyridine rings is 1. The summed E-state index contributed by atoms with van der Waals surface area (Å²) in [6.45, 7) is 3.59. The molecular formula is C21H17FN4O. The SMILES string of the molecule is Cc1nn(-c2ccc(F)cc2)c(C)c1C(=O)Nc1cnc2ccccc2c1. The van der Waals surface area contributed by atoms with Crippen LogP contribution in [0.5, 0.6) is 0 Å². The zero-order valence-electron chi connectivity index (χ0n) is 14.9. The average molecular weight is 360 g/mol. The number of benzene rings is 2. The molecule has 134 valence electrons. The largest absolute Gasteiger partial charge is 0.320 e. The number of nitrogens with one attached hydrogen (secondary N) is 1. The Hall–Kier alpha value is -3.54. The number of aromatic nitrogens is 3. The fraction of sp³-hybridized carbons (Fsp3) is 0.0952. The zero-order chi connectivity index (χ0) is 19.0. The van der Waals surface area contributed by atoms with Crippen LogP contribution in [-0.2, 0) is 0 Å². The van der Waals surface area contributed by atoms with E-state index < -0.39 is 0 Å². The Kier molecular flexibility index (Phi) is 4.16. The smallest absolute Gasteiger partial charge is 0.259 e. The van der Waals surface area contributed by atoms with Crippen molar-refractivity contribution in [3.63, 3.8) is 0 Å². The molecule has 1 amide bonds. The highest BCUT2D eigenvalue weighted by molar-refractivity contribution is 6.06. The fourth-order valence-electron chi connectivity index (χ4n) is 3.14. The van der Waals surface area contributed by atoms with Crippen LogP contribution in [0.1, 0.15) is 21.7 Å².